The number of hydrogen-bond donors (Lipinski definition) is 2. The predicted molar refractivity (Wildman–Crippen MR) is 124 cm³/mol. The number of piperidine rings is 1. The summed E-state index contributed by atoms with van der Waals surface area (Å²) in [5.41, 5.74) is 0.926. The molecule has 11 heteroatoms. The highest BCUT2D eigenvalue weighted by Crippen LogP contribution is 2.36. The van der Waals surface area contributed by atoms with E-state index in [9.17, 15) is 22.4 Å². The highest BCUT2D eigenvalue weighted by molar-refractivity contribution is 7.94. The number of halogens is 1. The second-order valence-electron chi connectivity index (χ2n) is 8.27. The minimum Gasteiger partial charge on any atom is -0.324 e. The van der Waals surface area contributed by atoms with E-state index < -0.39 is 10.0 Å². The predicted octanol–water partition coefficient (Wildman–Crippen LogP) is 3.50. The number of aromatic nitrogens is 1. The van der Waals surface area contributed by atoms with Gasteiger partial charge in [-0.3, -0.25) is 9.52 Å². The number of nitrogens with zero attached hydrogens (tertiary/aromatic N) is 2. The second kappa shape index (κ2) is 8.31. The van der Waals surface area contributed by atoms with Crippen LogP contribution in [-0.4, -0.2) is 37.0 Å². The van der Waals surface area contributed by atoms with Gasteiger partial charge >= 0.3 is 6.03 Å². The van der Waals surface area contributed by atoms with Crippen LogP contribution in [0.15, 0.2) is 62.9 Å². The molecule has 3 aromatic rings. The van der Waals surface area contributed by atoms with Gasteiger partial charge in [0.1, 0.15) is 15.7 Å². The van der Waals surface area contributed by atoms with Gasteiger partial charge in [-0.15, -0.1) is 11.3 Å². The number of urea groups is 1. The molecule has 0 aliphatic carbocycles. The van der Waals surface area contributed by atoms with Crippen LogP contribution in [0.25, 0.3) is 0 Å². The van der Waals surface area contributed by atoms with Crippen LogP contribution in [0.1, 0.15) is 18.0 Å². The Morgan fingerprint density at radius 2 is 1.85 bits per heavy atom. The summed E-state index contributed by atoms with van der Waals surface area (Å²) in [5, 5.41) is 4.45. The van der Waals surface area contributed by atoms with Crippen LogP contribution in [0, 0.1) is 11.7 Å². The van der Waals surface area contributed by atoms with Crippen molar-refractivity contribution in [1.82, 2.24) is 9.47 Å². The molecule has 8 nitrogen and oxygen atoms in total. The maximum absolute atomic E-state index is 13.1. The van der Waals surface area contributed by atoms with Crippen molar-refractivity contribution in [3.63, 3.8) is 0 Å². The average molecular weight is 489 g/mol. The SMILES string of the molecule is O=C(Nc1ccc(F)cc1)N1CC2CC(C1)c1ccc(NS(=O)(=O)c3cccs3)c(=O)n1C2. The quantitative estimate of drug-likeness (QED) is 0.587. The maximum Gasteiger partial charge on any atom is 0.321 e. The molecule has 2 amide bonds. The summed E-state index contributed by atoms with van der Waals surface area (Å²) in [6.45, 7) is 1.31. The molecule has 2 aromatic heterocycles. The van der Waals surface area contributed by atoms with Crippen molar-refractivity contribution in [3.8, 4) is 0 Å². The van der Waals surface area contributed by atoms with E-state index in [4.69, 9.17) is 0 Å². The summed E-state index contributed by atoms with van der Waals surface area (Å²) in [6, 6.07) is 11.7. The standard InChI is InChI=1S/C22H21FN4O4S2/c23-16-3-5-17(6-4-16)24-22(29)26-11-14-10-15(13-26)19-8-7-18(21(28)27(19)12-14)25-33(30,31)20-2-1-9-32-20/h1-9,14-15,25H,10-13H2,(H,24,29). The smallest absolute Gasteiger partial charge is 0.321 e. The number of sulfonamides is 1. The summed E-state index contributed by atoms with van der Waals surface area (Å²) in [4.78, 5) is 27.6. The van der Waals surface area contributed by atoms with Gasteiger partial charge in [-0.2, -0.15) is 0 Å². The molecule has 0 spiro atoms. The summed E-state index contributed by atoms with van der Waals surface area (Å²) >= 11 is 1.08. The third-order valence-corrected chi connectivity index (χ3v) is 8.75. The zero-order chi connectivity index (χ0) is 23.2. The Labute approximate surface area is 193 Å². The highest BCUT2D eigenvalue weighted by atomic mass is 32.2. The monoisotopic (exact) mass is 488 g/mol. The van der Waals surface area contributed by atoms with Gasteiger partial charge in [0.05, 0.1) is 0 Å². The molecule has 2 unspecified atom stereocenters. The van der Waals surface area contributed by atoms with Gasteiger partial charge < -0.3 is 14.8 Å². The number of thiophene rings is 1. The number of nitrogens with one attached hydrogen (secondary N) is 2. The summed E-state index contributed by atoms with van der Waals surface area (Å²) < 4.78 is 42.4. The van der Waals surface area contributed by atoms with E-state index in [1.54, 1.807) is 27.0 Å². The lowest BCUT2D eigenvalue weighted by Gasteiger charge is -2.42. The fourth-order valence-corrected chi connectivity index (χ4v) is 6.59. The molecule has 2 aliphatic heterocycles. The number of carbonyl (C=O) groups excluding carboxylic acids is 1. The molecule has 2 bridgehead atoms. The minimum absolute atomic E-state index is 0.0121. The zero-order valence-corrected chi connectivity index (χ0v) is 19.0. The Hall–Kier alpha value is -3.18. The molecule has 1 aromatic carbocycles. The van der Waals surface area contributed by atoms with Gasteiger partial charge in [0.15, 0.2) is 0 Å². The van der Waals surface area contributed by atoms with Crippen molar-refractivity contribution in [1.29, 1.82) is 0 Å². The second-order valence-corrected chi connectivity index (χ2v) is 11.1. The van der Waals surface area contributed by atoms with E-state index >= 15 is 0 Å². The lowest BCUT2D eigenvalue weighted by atomic mass is 9.83. The molecule has 33 heavy (non-hydrogen) atoms. The molecule has 2 atom stereocenters. The van der Waals surface area contributed by atoms with Crippen molar-refractivity contribution in [2.45, 2.75) is 23.1 Å². The number of benzene rings is 1. The van der Waals surface area contributed by atoms with Crippen molar-refractivity contribution < 1.29 is 17.6 Å². The van der Waals surface area contributed by atoms with Gasteiger partial charge in [-0.1, -0.05) is 6.07 Å². The number of carbonyl (C=O) groups is 1. The first-order valence-electron chi connectivity index (χ1n) is 10.4. The molecule has 0 saturated carbocycles. The van der Waals surface area contributed by atoms with E-state index in [0.717, 1.165) is 23.5 Å². The van der Waals surface area contributed by atoms with Crippen LogP contribution >= 0.6 is 11.3 Å². The zero-order valence-electron chi connectivity index (χ0n) is 17.4. The lowest BCUT2D eigenvalue weighted by molar-refractivity contribution is 0.139. The van der Waals surface area contributed by atoms with E-state index in [0.29, 0.717) is 25.3 Å². The molecule has 4 heterocycles. The number of hydrogen-bond acceptors (Lipinski definition) is 5. The van der Waals surface area contributed by atoms with Gasteiger partial charge in [-0.25, -0.2) is 17.6 Å². The number of pyridine rings is 1. The fraction of sp³-hybridized carbons (Fsp3) is 0.273. The molecule has 2 aliphatic rings. The van der Waals surface area contributed by atoms with Gasteiger partial charge in [0, 0.05) is 36.9 Å². The molecule has 1 saturated heterocycles. The third kappa shape index (κ3) is 4.25. The highest BCUT2D eigenvalue weighted by Gasteiger charge is 2.37. The Morgan fingerprint density at radius 3 is 2.58 bits per heavy atom. The summed E-state index contributed by atoms with van der Waals surface area (Å²) in [7, 11) is -3.82. The Morgan fingerprint density at radius 1 is 1.06 bits per heavy atom. The minimum atomic E-state index is -3.82. The van der Waals surface area contributed by atoms with Crippen molar-refractivity contribution in [3.05, 3.63) is 75.8 Å². The number of anilines is 2. The maximum atomic E-state index is 13.1. The fourth-order valence-electron chi connectivity index (χ4n) is 4.54. The average Bonchev–Trinajstić information content (AvgIpc) is 3.33. The third-order valence-electron chi connectivity index (χ3n) is 5.99. The first-order chi connectivity index (χ1) is 15.8. The number of rotatable bonds is 4. The van der Waals surface area contributed by atoms with E-state index in [1.807, 2.05) is 0 Å². The van der Waals surface area contributed by atoms with Crippen LogP contribution in [-0.2, 0) is 16.6 Å². The normalized spacial score (nSPS) is 19.6. The van der Waals surface area contributed by atoms with Crippen LogP contribution in [0.3, 0.4) is 0 Å². The van der Waals surface area contributed by atoms with Gasteiger partial charge in [0.2, 0.25) is 0 Å². The summed E-state index contributed by atoms with van der Waals surface area (Å²) in [6.07, 6.45) is 0.847. The number of amides is 2. The molecular formula is C22H21FN4O4S2. The van der Waals surface area contributed by atoms with Gasteiger partial charge in [-0.05, 0) is 60.2 Å². The van der Waals surface area contributed by atoms with Crippen molar-refractivity contribution >= 4 is 38.8 Å². The Bertz CT molecular complexity index is 1350. The first-order valence-corrected chi connectivity index (χ1v) is 12.8. The first kappa shape index (κ1) is 21.7. The van der Waals surface area contributed by atoms with Crippen LogP contribution in [0.5, 0.6) is 0 Å². The molecule has 2 N–H and O–H groups in total. The molecule has 0 radical (unpaired) electrons. The van der Waals surface area contributed by atoms with E-state index in [-0.39, 0.29) is 39.1 Å². The Kier molecular flexibility index (Phi) is 5.45. The van der Waals surface area contributed by atoms with Crippen molar-refractivity contribution in [2.75, 3.05) is 23.1 Å². The molecule has 1 fully saturated rings. The topological polar surface area (TPSA) is 101 Å². The Balaban J connectivity index is 1.35. The van der Waals surface area contributed by atoms with Crippen LogP contribution in [0.2, 0.25) is 0 Å². The molecule has 172 valence electrons. The van der Waals surface area contributed by atoms with E-state index in [2.05, 4.69) is 10.0 Å². The van der Waals surface area contributed by atoms with Crippen LogP contribution < -0.4 is 15.6 Å². The molecule has 5 rings (SSSR count). The largest absolute Gasteiger partial charge is 0.324 e. The molecular weight excluding hydrogens is 467 g/mol. The van der Waals surface area contributed by atoms with Crippen molar-refractivity contribution in [2.24, 2.45) is 5.92 Å². The number of fused-ring (bicyclic) bond motifs is 4. The van der Waals surface area contributed by atoms with Crippen LogP contribution in [0.4, 0.5) is 20.6 Å². The summed E-state index contributed by atoms with van der Waals surface area (Å²) in [5.74, 6) is -0.344. The van der Waals surface area contributed by atoms with E-state index in [1.165, 1.54) is 36.4 Å². The van der Waals surface area contributed by atoms with Gasteiger partial charge in [0.25, 0.3) is 15.6 Å². The number of likely N-dealkylation sites (tertiary alicyclic amines) is 1. The lowest BCUT2D eigenvalue weighted by Crippen LogP contribution is -2.50.